The molecule has 0 aliphatic carbocycles. The van der Waals surface area contributed by atoms with Gasteiger partial charge in [0.1, 0.15) is 0 Å². The minimum Gasteiger partial charge on any atom is -0.367 e. The molecule has 1 heterocycles. The van der Waals surface area contributed by atoms with E-state index in [4.69, 9.17) is 0 Å². The fraction of sp³-hybridized carbons (Fsp3) is 0.267. The zero-order chi connectivity index (χ0) is 13.0. The molecule has 102 valence electrons. The van der Waals surface area contributed by atoms with Gasteiger partial charge in [0.2, 0.25) is 5.91 Å². The summed E-state index contributed by atoms with van der Waals surface area (Å²) in [5, 5.41) is 2.90. The SMILES string of the molecule is Br.CC(=O)NC1=C(C)C=CN(Cc2ccccc2)C1. The van der Waals surface area contributed by atoms with Gasteiger partial charge < -0.3 is 10.2 Å². The van der Waals surface area contributed by atoms with Crippen LogP contribution in [0.4, 0.5) is 0 Å². The molecule has 3 nitrogen and oxygen atoms in total. The predicted molar refractivity (Wildman–Crippen MR) is 82.8 cm³/mol. The van der Waals surface area contributed by atoms with E-state index in [2.05, 4.69) is 28.5 Å². The number of allylic oxidation sites excluding steroid dienone is 2. The van der Waals surface area contributed by atoms with Crippen LogP contribution in [0.25, 0.3) is 0 Å². The molecule has 1 aromatic carbocycles. The lowest BCUT2D eigenvalue weighted by atomic mass is 10.1. The predicted octanol–water partition coefficient (Wildman–Crippen LogP) is 3.00. The molecule has 1 amide bonds. The van der Waals surface area contributed by atoms with Crippen LogP contribution in [0.3, 0.4) is 0 Å². The van der Waals surface area contributed by atoms with Gasteiger partial charge in [0.15, 0.2) is 0 Å². The topological polar surface area (TPSA) is 32.3 Å². The standard InChI is InChI=1S/C15H18N2O.BrH/c1-12-8-9-17(11-15(12)16-13(2)18)10-14-6-4-3-5-7-14;/h3-9H,10-11H2,1-2H3,(H,16,18);1H. The van der Waals surface area contributed by atoms with Crippen molar-refractivity contribution in [3.8, 4) is 0 Å². The highest BCUT2D eigenvalue weighted by Gasteiger charge is 2.12. The van der Waals surface area contributed by atoms with Crippen molar-refractivity contribution in [2.75, 3.05) is 6.54 Å². The van der Waals surface area contributed by atoms with Gasteiger partial charge in [-0.1, -0.05) is 30.3 Å². The van der Waals surface area contributed by atoms with E-state index >= 15 is 0 Å². The van der Waals surface area contributed by atoms with Crippen molar-refractivity contribution in [3.05, 3.63) is 59.4 Å². The first kappa shape index (κ1) is 15.5. The van der Waals surface area contributed by atoms with Crippen molar-refractivity contribution in [2.45, 2.75) is 20.4 Å². The van der Waals surface area contributed by atoms with Gasteiger partial charge in [-0.05, 0) is 24.1 Å². The molecule has 0 saturated carbocycles. The lowest BCUT2D eigenvalue weighted by molar-refractivity contribution is -0.118. The molecule has 0 atom stereocenters. The largest absolute Gasteiger partial charge is 0.367 e. The van der Waals surface area contributed by atoms with Crippen LogP contribution in [0.5, 0.6) is 0 Å². The number of benzene rings is 1. The third-order valence-corrected chi connectivity index (χ3v) is 2.93. The summed E-state index contributed by atoms with van der Waals surface area (Å²) in [7, 11) is 0. The molecule has 0 radical (unpaired) electrons. The first-order valence-corrected chi connectivity index (χ1v) is 6.08. The quantitative estimate of drug-likeness (QED) is 0.927. The molecule has 0 bridgehead atoms. The number of carbonyl (C=O) groups excluding carboxylic acids is 1. The van der Waals surface area contributed by atoms with Crippen LogP contribution in [0.15, 0.2) is 53.9 Å². The van der Waals surface area contributed by atoms with Gasteiger partial charge in [-0.25, -0.2) is 0 Å². The van der Waals surface area contributed by atoms with E-state index in [0.29, 0.717) is 0 Å². The summed E-state index contributed by atoms with van der Waals surface area (Å²) in [5.41, 5.74) is 3.37. The fourth-order valence-electron chi connectivity index (χ4n) is 1.98. The highest BCUT2D eigenvalue weighted by Crippen LogP contribution is 2.15. The van der Waals surface area contributed by atoms with Gasteiger partial charge in [-0.15, -0.1) is 17.0 Å². The Labute approximate surface area is 124 Å². The van der Waals surface area contributed by atoms with E-state index in [1.54, 1.807) is 6.92 Å². The van der Waals surface area contributed by atoms with Gasteiger partial charge in [-0.3, -0.25) is 4.79 Å². The molecule has 0 fully saturated rings. The van der Waals surface area contributed by atoms with E-state index in [9.17, 15) is 4.79 Å². The molecule has 2 rings (SSSR count). The van der Waals surface area contributed by atoms with E-state index in [1.807, 2.05) is 31.2 Å². The second kappa shape index (κ2) is 7.14. The van der Waals surface area contributed by atoms with Crippen LogP contribution in [0, 0.1) is 0 Å². The monoisotopic (exact) mass is 322 g/mol. The summed E-state index contributed by atoms with van der Waals surface area (Å²) in [6.07, 6.45) is 4.12. The highest BCUT2D eigenvalue weighted by atomic mass is 79.9. The Bertz CT molecular complexity index is 494. The van der Waals surface area contributed by atoms with Crippen LogP contribution in [0.1, 0.15) is 19.4 Å². The van der Waals surface area contributed by atoms with Crippen molar-refractivity contribution in [1.82, 2.24) is 10.2 Å². The molecule has 1 aromatic rings. The second-order valence-electron chi connectivity index (χ2n) is 4.55. The van der Waals surface area contributed by atoms with Crippen molar-refractivity contribution in [3.63, 3.8) is 0 Å². The molecule has 19 heavy (non-hydrogen) atoms. The van der Waals surface area contributed by atoms with Gasteiger partial charge in [0.05, 0.1) is 6.54 Å². The Morgan fingerprint density at radius 2 is 2.00 bits per heavy atom. The third kappa shape index (κ3) is 4.56. The van der Waals surface area contributed by atoms with Crippen molar-refractivity contribution < 1.29 is 4.79 Å². The van der Waals surface area contributed by atoms with E-state index < -0.39 is 0 Å². The lowest BCUT2D eigenvalue weighted by Crippen LogP contribution is -2.31. The molecule has 0 unspecified atom stereocenters. The summed E-state index contributed by atoms with van der Waals surface area (Å²) in [4.78, 5) is 13.3. The zero-order valence-corrected chi connectivity index (χ0v) is 12.9. The molecule has 0 aromatic heterocycles. The third-order valence-electron chi connectivity index (χ3n) is 2.93. The maximum absolute atomic E-state index is 11.1. The van der Waals surface area contributed by atoms with Crippen molar-refractivity contribution in [1.29, 1.82) is 0 Å². The molecule has 0 saturated heterocycles. The average molecular weight is 323 g/mol. The van der Waals surface area contributed by atoms with Crippen LogP contribution in [-0.2, 0) is 11.3 Å². The minimum absolute atomic E-state index is 0. The maximum atomic E-state index is 11.1. The number of carbonyl (C=O) groups is 1. The van der Waals surface area contributed by atoms with Gasteiger partial charge in [0, 0.05) is 25.4 Å². The van der Waals surface area contributed by atoms with E-state index in [-0.39, 0.29) is 22.9 Å². The molecule has 1 aliphatic heterocycles. The molecule has 1 aliphatic rings. The molecule has 1 N–H and O–H groups in total. The van der Waals surface area contributed by atoms with Crippen molar-refractivity contribution in [2.24, 2.45) is 0 Å². The van der Waals surface area contributed by atoms with Gasteiger partial charge in [0.25, 0.3) is 0 Å². The van der Waals surface area contributed by atoms with E-state index in [0.717, 1.165) is 24.4 Å². The lowest BCUT2D eigenvalue weighted by Gasteiger charge is -2.26. The van der Waals surface area contributed by atoms with Crippen LogP contribution >= 0.6 is 17.0 Å². The number of hydrogen-bond acceptors (Lipinski definition) is 2. The highest BCUT2D eigenvalue weighted by molar-refractivity contribution is 8.93. The average Bonchev–Trinajstić information content (AvgIpc) is 2.34. The minimum atomic E-state index is -0.0145. The van der Waals surface area contributed by atoms with Crippen LogP contribution in [-0.4, -0.2) is 17.4 Å². The number of nitrogens with one attached hydrogen (secondary N) is 1. The van der Waals surface area contributed by atoms with Crippen LogP contribution < -0.4 is 5.32 Å². The number of hydrogen-bond donors (Lipinski definition) is 1. The maximum Gasteiger partial charge on any atom is 0.221 e. The summed E-state index contributed by atoms with van der Waals surface area (Å²) in [6, 6.07) is 10.3. The first-order chi connectivity index (χ1) is 8.65. The Hall–Kier alpha value is -1.55. The van der Waals surface area contributed by atoms with Gasteiger partial charge >= 0.3 is 0 Å². The molecular formula is C15H19BrN2O. The summed E-state index contributed by atoms with van der Waals surface area (Å²) >= 11 is 0. The number of amides is 1. The summed E-state index contributed by atoms with van der Waals surface area (Å²) in [6.45, 7) is 5.16. The Morgan fingerprint density at radius 3 is 2.63 bits per heavy atom. The Kier molecular flexibility index (Phi) is 5.83. The zero-order valence-electron chi connectivity index (χ0n) is 11.2. The Morgan fingerprint density at radius 1 is 1.32 bits per heavy atom. The normalized spacial score (nSPS) is 14.1. The Balaban J connectivity index is 0.00000180. The summed E-state index contributed by atoms with van der Waals surface area (Å²) < 4.78 is 0. The van der Waals surface area contributed by atoms with Gasteiger partial charge in [-0.2, -0.15) is 0 Å². The molecular weight excluding hydrogens is 304 g/mol. The van der Waals surface area contributed by atoms with E-state index in [1.165, 1.54) is 5.56 Å². The molecule has 4 heteroatoms. The first-order valence-electron chi connectivity index (χ1n) is 6.08. The smallest absolute Gasteiger partial charge is 0.221 e. The second-order valence-corrected chi connectivity index (χ2v) is 4.55. The number of halogens is 1. The summed E-state index contributed by atoms with van der Waals surface area (Å²) in [5.74, 6) is -0.0145. The number of nitrogens with zero attached hydrogens (tertiary/aromatic N) is 1. The van der Waals surface area contributed by atoms with Crippen LogP contribution in [0.2, 0.25) is 0 Å². The molecule has 0 spiro atoms. The fourth-order valence-corrected chi connectivity index (χ4v) is 1.98. The number of rotatable bonds is 3. The van der Waals surface area contributed by atoms with Crippen molar-refractivity contribution >= 4 is 22.9 Å².